The van der Waals surface area contributed by atoms with E-state index in [9.17, 15) is 17.6 Å². The standard InChI is InChI=1S/C14H6ClF4NO/c15-12-6-10(3-4-13(12)16)21-9-2-1-8(7-20)11(5-9)14(17,18)19/h1-6H. The number of alkyl halides is 3. The van der Waals surface area contributed by atoms with E-state index in [1.54, 1.807) is 0 Å². The minimum Gasteiger partial charge on any atom is -0.457 e. The molecule has 2 rings (SSSR count). The van der Waals surface area contributed by atoms with Gasteiger partial charge in [-0.15, -0.1) is 0 Å². The molecule has 0 saturated heterocycles. The van der Waals surface area contributed by atoms with Crippen molar-refractivity contribution in [3.8, 4) is 17.6 Å². The maximum Gasteiger partial charge on any atom is 0.417 e. The van der Waals surface area contributed by atoms with E-state index in [4.69, 9.17) is 21.6 Å². The Bertz CT molecular complexity index is 722. The third-order valence-electron chi connectivity index (χ3n) is 2.54. The van der Waals surface area contributed by atoms with E-state index in [-0.39, 0.29) is 16.5 Å². The summed E-state index contributed by atoms with van der Waals surface area (Å²) in [6.45, 7) is 0. The largest absolute Gasteiger partial charge is 0.457 e. The van der Waals surface area contributed by atoms with Crippen molar-refractivity contribution >= 4 is 11.6 Å². The quantitative estimate of drug-likeness (QED) is 0.717. The van der Waals surface area contributed by atoms with Crippen molar-refractivity contribution in [1.82, 2.24) is 0 Å². The molecule has 0 spiro atoms. The van der Waals surface area contributed by atoms with Crippen LogP contribution in [0.25, 0.3) is 0 Å². The van der Waals surface area contributed by atoms with E-state index in [1.165, 1.54) is 18.2 Å². The monoisotopic (exact) mass is 315 g/mol. The number of nitrogens with zero attached hydrogens (tertiary/aromatic N) is 1. The summed E-state index contributed by atoms with van der Waals surface area (Å²) >= 11 is 5.55. The van der Waals surface area contributed by atoms with Crippen LogP contribution in [-0.2, 0) is 6.18 Å². The van der Waals surface area contributed by atoms with Crippen molar-refractivity contribution in [2.45, 2.75) is 6.18 Å². The van der Waals surface area contributed by atoms with Crippen molar-refractivity contribution in [2.75, 3.05) is 0 Å². The maximum atomic E-state index is 13.0. The molecule has 21 heavy (non-hydrogen) atoms. The van der Waals surface area contributed by atoms with Crippen LogP contribution in [0.3, 0.4) is 0 Å². The van der Waals surface area contributed by atoms with Crippen LogP contribution < -0.4 is 4.74 Å². The van der Waals surface area contributed by atoms with E-state index in [0.29, 0.717) is 6.07 Å². The number of rotatable bonds is 2. The van der Waals surface area contributed by atoms with Gasteiger partial charge in [0.1, 0.15) is 17.3 Å². The molecule has 0 aromatic heterocycles. The molecule has 7 heteroatoms. The molecule has 0 amide bonds. The fourth-order valence-electron chi connectivity index (χ4n) is 1.60. The molecule has 0 fully saturated rings. The first kappa shape index (κ1) is 15.1. The maximum absolute atomic E-state index is 13.0. The second kappa shape index (κ2) is 5.62. The average molecular weight is 316 g/mol. The molecule has 0 atom stereocenters. The lowest BCUT2D eigenvalue weighted by molar-refractivity contribution is -0.137. The van der Waals surface area contributed by atoms with Crippen LogP contribution in [0, 0.1) is 17.1 Å². The fraction of sp³-hybridized carbons (Fsp3) is 0.0714. The molecule has 108 valence electrons. The number of ether oxygens (including phenoxy) is 1. The molecule has 0 aliphatic rings. The number of benzene rings is 2. The smallest absolute Gasteiger partial charge is 0.417 e. The second-order valence-corrected chi connectivity index (χ2v) is 4.40. The highest BCUT2D eigenvalue weighted by Gasteiger charge is 2.34. The summed E-state index contributed by atoms with van der Waals surface area (Å²) in [5.41, 5.74) is -1.61. The average Bonchev–Trinajstić information content (AvgIpc) is 2.42. The normalized spacial score (nSPS) is 11.0. The van der Waals surface area contributed by atoms with Crippen LogP contribution >= 0.6 is 11.6 Å². The Hall–Kier alpha value is -2.26. The fourth-order valence-corrected chi connectivity index (χ4v) is 1.77. The van der Waals surface area contributed by atoms with Crippen molar-refractivity contribution in [3.05, 3.63) is 58.4 Å². The molecule has 0 saturated carbocycles. The van der Waals surface area contributed by atoms with Crippen LogP contribution in [0.2, 0.25) is 5.02 Å². The highest BCUT2D eigenvalue weighted by molar-refractivity contribution is 6.30. The van der Waals surface area contributed by atoms with Gasteiger partial charge in [-0.25, -0.2) is 4.39 Å². The van der Waals surface area contributed by atoms with Gasteiger partial charge in [-0.3, -0.25) is 0 Å². The van der Waals surface area contributed by atoms with Crippen molar-refractivity contribution in [2.24, 2.45) is 0 Å². The van der Waals surface area contributed by atoms with Gasteiger partial charge in [0.25, 0.3) is 0 Å². The zero-order chi connectivity index (χ0) is 15.6. The molecule has 0 heterocycles. The Morgan fingerprint density at radius 1 is 1.05 bits per heavy atom. The minimum atomic E-state index is -4.68. The number of hydrogen-bond acceptors (Lipinski definition) is 2. The predicted molar refractivity (Wildman–Crippen MR) is 67.6 cm³/mol. The summed E-state index contributed by atoms with van der Waals surface area (Å²) in [4.78, 5) is 0. The lowest BCUT2D eigenvalue weighted by Gasteiger charge is -2.12. The molecule has 2 nitrogen and oxygen atoms in total. The Morgan fingerprint density at radius 2 is 1.67 bits per heavy atom. The Balaban J connectivity index is 2.37. The summed E-state index contributed by atoms with van der Waals surface area (Å²) in [5.74, 6) is -0.719. The van der Waals surface area contributed by atoms with Gasteiger partial charge < -0.3 is 4.74 Å². The third kappa shape index (κ3) is 3.44. The lowest BCUT2D eigenvalue weighted by atomic mass is 10.1. The molecular formula is C14H6ClF4NO. The molecule has 0 radical (unpaired) electrons. The zero-order valence-electron chi connectivity index (χ0n) is 10.2. The molecule has 2 aromatic carbocycles. The van der Waals surface area contributed by atoms with E-state index in [1.807, 2.05) is 0 Å². The highest BCUT2D eigenvalue weighted by atomic mass is 35.5. The van der Waals surface area contributed by atoms with E-state index in [0.717, 1.165) is 18.2 Å². The zero-order valence-corrected chi connectivity index (χ0v) is 11.0. The number of nitriles is 1. The van der Waals surface area contributed by atoms with Gasteiger partial charge in [-0.1, -0.05) is 11.6 Å². The first-order chi connectivity index (χ1) is 9.81. The number of halogens is 5. The molecule has 0 unspecified atom stereocenters. The van der Waals surface area contributed by atoms with Crippen LogP contribution in [-0.4, -0.2) is 0 Å². The van der Waals surface area contributed by atoms with Crippen molar-refractivity contribution in [1.29, 1.82) is 5.26 Å². The van der Waals surface area contributed by atoms with Gasteiger partial charge in [0.2, 0.25) is 0 Å². The minimum absolute atomic E-state index is 0.0826. The van der Waals surface area contributed by atoms with Crippen LogP contribution in [0.5, 0.6) is 11.5 Å². The van der Waals surface area contributed by atoms with Gasteiger partial charge in [-0.05, 0) is 30.3 Å². The molecule has 0 aliphatic heterocycles. The van der Waals surface area contributed by atoms with Crippen molar-refractivity contribution < 1.29 is 22.3 Å². The van der Waals surface area contributed by atoms with E-state index in [2.05, 4.69) is 0 Å². The van der Waals surface area contributed by atoms with Crippen LogP contribution in [0.1, 0.15) is 11.1 Å². The van der Waals surface area contributed by atoms with Crippen molar-refractivity contribution in [3.63, 3.8) is 0 Å². The second-order valence-electron chi connectivity index (χ2n) is 3.99. The molecular weight excluding hydrogens is 310 g/mol. The summed E-state index contributed by atoms with van der Waals surface area (Å²) in [6, 6.07) is 7.79. The first-order valence-corrected chi connectivity index (χ1v) is 5.93. The van der Waals surface area contributed by atoms with Gasteiger partial charge in [0.15, 0.2) is 0 Å². The Labute approximate surface area is 122 Å². The van der Waals surface area contributed by atoms with Gasteiger partial charge in [-0.2, -0.15) is 18.4 Å². The van der Waals surface area contributed by atoms with E-state index >= 15 is 0 Å². The Kier molecular flexibility index (Phi) is 4.05. The number of hydrogen-bond donors (Lipinski definition) is 0. The SMILES string of the molecule is N#Cc1ccc(Oc2ccc(F)c(Cl)c2)cc1C(F)(F)F. The Morgan fingerprint density at radius 3 is 2.24 bits per heavy atom. The summed E-state index contributed by atoms with van der Waals surface area (Å²) in [6.07, 6.45) is -4.68. The van der Waals surface area contributed by atoms with Gasteiger partial charge in [0, 0.05) is 6.07 Å². The molecule has 0 aliphatic carbocycles. The third-order valence-corrected chi connectivity index (χ3v) is 2.83. The molecule has 0 bridgehead atoms. The topological polar surface area (TPSA) is 33.0 Å². The summed E-state index contributed by atoms with van der Waals surface area (Å²) < 4.78 is 56.6. The highest BCUT2D eigenvalue weighted by Crippen LogP contribution is 2.35. The first-order valence-electron chi connectivity index (χ1n) is 5.55. The molecule has 2 aromatic rings. The van der Waals surface area contributed by atoms with Gasteiger partial charge >= 0.3 is 6.18 Å². The molecule has 0 N–H and O–H groups in total. The van der Waals surface area contributed by atoms with Gasteiger partial charge in [0.05, 0.1) is 22.2 Å². The van der Waals surface area contributed by atoms with Crippen LogP contribution in [0.4, 0.5) is 17.6 Å². The summed E-state index contributed by atoms with van der Waals surface area (Å²) in [5, 5.41) is 8.47. The predicted octanol–water partition coefficient (Wildman–Crippen LogP) is 5.16. The summed E-state index contributed by atoms with van der Waals surface area (Å²) in [7, 11) is 0. The lowest BCUT2D eigenvalue weighted by Crippen LogP contribution is -2.07. The van der Waals surface area contributed by atoms with E-state index < -0.39 is 23.1 Å². The van der Waals surface area contributed by atoms with Crippen LogP contribution in [0.15, 0.2) is 36.4 Å².